The van der Waals surface area contributed by atoms with Gasteiger partial charge in [0.1, 0.15) is 12.4 Å². The van der Waals surface area contributed by atoms with Gasteiger partial charge in [0.2, 0.25) is 5.95 Å². The Balaban J connectivity index is 1.35. The lowest BCUT2D eigenvalue weighted by molar-refractivity contribution is -0.115. The normalized spacial score (nSPS) is 26.1. The Morgan fingerprint density at radius 3 is 2.44 bits per heavy atom. The Morgan fingerprint density at radius 2 is 1.74 bits per heavy atom. The van der Waals surface area contributed by atoms with Gasteiger partial charge in [0, 0.05) is 43.8 Å². The predicted molar refractivity (Wildman–Crippen MR) is 132 cm³/mol. The number of fused-ring (bicyclic) bond motifs is 1. The van der Waals surface area contributed by atoms with E-state index in [2.05, 4.69) is 20.1 Å². The lowest BCUT2D eigenvalue weighted by atomic mass is 9.92. The molecule has 10 nitrogen and oxygen atoms in total. The summed E-state index contributed by atoms with van der Waals surface area (Å²) >= 11 is 0. The summed E-state index contributed by atoms with van der Waals surface area (Å²) in [6, 6.07) is 1.38. The van der Waals surface area contributed by atoms with Crippen LogP contribution in [0.3, 0.4) is 0 Å². The lowest BCUT2D eigenvalue weighted by Crippen LogP contribution is -2.42. The van der Waals surface area contributed by atoms with Crippen molar-refractivity contribution >= 4 is 29.2 Å². The first-order valence-corrected chi connectivity index (χ1v) is 13.0. The lowest BCUT2D eigenvalue weighted by Gasteiger charge is -2.33. The second-order valence-electron chi connectivity index (χ2n) is 10.3. The number of β-amino-alcohol motifs (C(OH)–C–C–N with tert-alkyl or cyclic N) is 1. The van der Waals surface area contributed by atoms with Crippen LogP contribution in [0.1, 0.15) is 70.3 Å². The highest BCUT2D eigenvalue weighted by Crippen LogP contribution is 2.33. The summed E-state index contributed by atoms with van der Waals surface area (Å²) in [5.74, 6) is 1.46. The number of aromatic nitrogens is 4. The Labute approximate surface area is 200 Å². The van der Waals surface area contributed by atoms with Crippen LogP contribution in [0.4, 0.5) is 11.8 Å². The zero-order chi connectivity index (χ0) is 23.5. The fourth-order valence-electron chi connectivity index (χ4n) is 5.74. The van der Waals surface area contributed by atoms with Gasteiger partial charge in [-0.1, -0.05) is 12.8 Å². The van der Waals surface area contributed by atoms with E-state index in [4.69, 9.17) is 20.7 Å². The topological polar surface area (TPSA) is 134 Å². The second-order valence-corrected chi connectivity index (χ2v) is 10.3. The van der Waals surface area contributed by atoms with Crippen LogP contribution >= 0.6 is 0 Å². The van der Waals surface area contributed by atoms with Crippen LogP contribution in [-0.4, -0.2) is 79.7 Å². The molecule has 186 valence electrons. The largest absolute Gasteiger partial charge is 0.384 e. The second kappa shape index (κ2) is 10.5. The van der Waals surface area contributed by atoms with Gasteiger partial charge in [-0.2, -0.15) is 9.97 Å². The van der Waals surface area contributed by atoms with E-state index >= 15 is 0 Å². The maximum atomic E-state index is 10.8. The van der Waals surface area contributed by atoms with Crippen molar-refractivity contribution in [3.63, 3.8) is 0 Å². The molecule has 2 aliphatic carbocycles. The quantitative estimate of drug-likeness (QED) is 0.428. The van der Waals surface area contributed by atoms with Crippen LogP contribution in [0.15, 0.2) is 6.33 Å². The first-order chi connectivity index (χ1) is 16.6. The van der Waals surface area contributed by atoms with Gasteiger partial charge < -0.3 is 35.7 Å². The highest BCUT2D eigenvalue weighted by atomic mass is 16.3. The number of imidazole rings is 1. The smallest absolute Gasteiger partial charge is 0.227 e. The molecule has 0 radical (unpaired) electrons. The first kappa shape index (κ1) is 23.4. The van der Waals surface area contributed by atoms with Gasteiger partial charge in [-0.3, -0.25) is 0 Å². The van der Waals surface area contributed by atoms with E-state index in [1.165, 1.54) is 25.7 Å². The van der Waals surface area contributed by atoms with Gasteiger partial charge in [-0.05, 0) is 51.4 Å². The predicted octanol–water partition coefficient (Wildman–Crippen LogP) is 2.06. The van der Waals surface area contributed by atoms with Crippen LogP contribution in [0.5, 0.6) is 0 Å². The number of aliphatic hydroxyl groups excluding tert-OH is 1. The molecule has 1 atom stereocenters. The molecular formula is C24H38N8O2. The zero-order valence-electron chi connectivity index (χ0n) is 19.9. The Bertz CT molecular complexity index is 959. The number of nitrogens with two attached hydrogens (primary N) is 1. The number of carbonyl (C=O) groups is 1. The van der Waals surface area contributed by atoms with Gasteiger partial charge in [-0.15, -0.1) is 0 Å². The molecule has 0 amide bonds. The number of carbonyl (C=O) groups excluding carboxylic acids is 1. The van der Waals surface area contributed by atoms with Crippen molar-refractivity contribution < 1.29 is 9.90 Å². The Morgan fingerprint density at radius 1 is 1.03 bits per heavy atom. The third-order valence-electron chi connectivity index (χ3n) is 7.78. The molecule has 2 saturated carbocycles. The number of likely N-dealkylation sites (tertiary alicyclic amines) is 1. The average Bonchev–Trinajstić information content (AvgIpc) is 3.52. The molecule has 3 fully saturated rings. The molecule has 10 heteroatoms. The van der Waals surface area contributed by atoms with E-state index in [9.17, 15) is 9.90 Å². The van der Waals surface area contributed by atoms with Crippen LogP contribution in [0.25, 0.3) is 11.2 Å². The zero-order valence-corrected chi connectivity index (χ0v) is 19.9. The molecule has 1 aliphatic heterocycles. The van der Waals surface area contributed by atoms with E-state index < -0.39 is 6.10 Å². The molecule has 0 unspecified atom stereocenters. The standard InChI is InChI=1S/C24H38N8O2/c25-16-5-7-17(8-6-16)28-24-29-22(27-18-9-11-31(12-10-18)13-20(34)14-33)21-23(30-24)32(15-26-21)19-3-1-2-4-19/h14-20,34H,1-13,25H2,(H2,27,28,29,30)/t16?,17?,20-/m0/s1. The number of aliphatic hydroxyl groups is 1. The Hall–Kier alpha value is -2.30. The van der Waals surface area contributed by atoms with E-state index in [-0.39, 0.29) is 6.04 Å². The van der Waals surface area contributed by atoms with Gasteiger partial charge in [0.15, 0.2) is 17.0 Å². The molecule has 0 spiro atoms. The number of hydrogen-bond donors (Lipinski definition) is 4. The molecule has 5 rings (SSSR count). The number of nitrogens with one attached hydrogen (secondary N) is 2. The summed E-state index contributed by atoms with van der Waals surface area (Å²) in [5, 5.41) is 16.9. The molecule has 2 aromatic heterocycles. The fourth-order valence-corrected chi connectivity index (χ4v) is 5.74. The summed E-state index contributed by atoms with van der Waals surface area (Å²) in [6.45, 7) is 2.07. The summed E-state index contributed by atoms with van der Waals surface area (Å²) in [7, 11) is 0. The number of hydrogen-bond acceptors (Lipinski definition) is 9. The van der Waals surface area contributed by atoms with E-state index in [1.54, 1.807) is 0 Å². The van der Waals surface area contributed by atoms with Gasteiger partial charge in [-0.25, -0.2) is 4.98 Å². The van der Waals surface area contributed by atoms with Crippen LogP contribution in [0.2, 0.25) is 0 Å². The molecule has 3 heterocycles. The summed E-state index contributed by atoms with van der Waals surface area (Å²) < 4.78 is 2.25. The van der Waals surface area contributed by atoms with Crippen LogP contribution < -0.4 is 16.4 Å². The van der Waals surface area contributed by atoms with Crippen molar-refractivity contribution in [2.24, 2.45) is 5.73 Å². The highest BCUT2D eigenvalue weighted by Gasteiger charge is 2.26. The number of aldehydes is 1. The van der Waals surface area contributed by atoms with E-state index in [0.717, 1.165) is 68.6 Å². The number of rotatable bonds is 8. The molecule has 2 aromatic rings. The third kappa shape index (κ3) is 5.34. The number of anilines is 2. The van der Waals surface area contributed by atoms with Crippen molar-refractivity contribution in [1.29, 1.82) is 0 Å². The SMILES string of the molecule is NC1CCC(Nc2nc(NC3CCN(C[C@H](O)C=O)CC3)c3ncn(C4CCCC4)c3n2)CC1. The molecule has 3 aliphatic rings. The maximum Gasteiger partial charge on any atom is 0.227 e. The molecule has 1 saturated heterocycles. The van der Waals surface area contributed by atoms with Gasteiger partial charge >= 0.3 is 0 Å². The van der Waals surface area contributed by atoms with Crippen molar-refractivity contribution in [3.05, 3.63) is 6.33 Å². The monoisotopic (exact) mass is 470 g/mol. The first-order valence-electron chi connectivity index (χ1n) is 13.0. The van der Waals surface area contributed by atoms with Gasteiger partial charge in [0.05, 0.1) is 6.33 Å². The number of nitrogens with zero attached hydrogens (tertiary/aromatic N) is 5. The molecule has 0 aromatic carbocycles. The van der Waals surface area contributed by atoms with Crippen molar-refractivity contribution in [1.82, 2.24) is 24.4 Å². The molecular weight excluding hydrogens is 432 g/mol. The molecule has 34 heavy (non-hydrogen) atoms. The summed E-state index contributed by atoms with van der Waals surface area (Å²) in [5.41, 5.74) is 7.84. The number of piperidine rings is 1. The van der Waals surface area contributed by atoms with E-state index in [1.807, 2.05) is 6.33 Å². The minimum absolute atomic E-state index is 0.264. The van der Waals surface area contributed by atoms with Crippen molar-refractivity contribution in [2.75, 3.05) is 30.3 Å². The van der Waals surface area contributed by atoms with E-state index in [0.29, 0.717) is 36.9 Å². The minimum atomic E-state index is -0.909. The van der Waals surface area contributed by atoms with Gasteiger partial charge in [0.25, 0.3) is 0 Å². The Kier molecular flexibility index (Phi) is 7.26. The van der Waals surface area contributed by atoms with Crippen LogP contribution in [0, 0.1) is 0 Å². The summed E-state index contributed by atoms with van der Waals surface area (Å²) in [6.07, 6.45) is 12.5. The highest BCUT2D eigenvalue weighted by molar-refractivity contribution is 5.84. The fraction of sp³-hybridized carbons (Fsp3) is 0.750. The summed E-state index contributed by atoms with van der Waals surface area (Å²) in [4.78, 5) is 27.5. The van der Waals surface area contributed by atoms with Crippen LogP contribution in [-0.2, 0) is 4.79 Å². The minimum Gasteiger partial charge on any atom is -0.384 e. The van der Waals surface area contributed by atoms with Crippen molar-refractivity contribution in [3.8, 4) is 0 Å². The molecule has 0 bridgehead atoms. The maximum absolute atomic E-state index is 10.8. The van der Waals surface area contributed by atoms with Crippen molar-refractivity contribution in [2.45, 2.75) is 94.5 Å². The molecule has 5 N–H and O–H groups in total. The average molecular weight is 471 g/mol. The third-order valence-corrected chi connectivity index (χ3v) is 7.78.